The van der Waals surface area contributed by atoms with Gasteiger partial charge in [0.25, 0.3) is 0 Å². The van der Waals surface area contributed by atoms with E-state index in [0.29, 0.717) is 6.04 Å². The molecule has 0 spiro atoms. The van der Waals surface area contributed by atoms with Gasteiger partial charge < -0.3 is 0 Å². The first-order valence-electron chi connectivity index (χ1n) is 7.34. The first-order valence-corrected chi connectivity index (χ1v) is 7.34. The van der Waals surface area contributed by atoms with E-state index in [9.17, 15) is 0 Å². The minimum atomic E-state index is 0.587. The molecule has 0 saturated heterocycles. The summed E-state index contributed by atoms with van der Waals surface area (Å²) in [5.74, 6) is 7.66. The third-order valence-corrected chi connectivity index (χ3v) is 4.73. The first-order chi connectivity index (χ1) is 7.88. The van der Waals surface area contributed by atoms with Crippen LogP contribution in [0.5, 0.6) is 0 Å². The summed E-state index contributed by atoms with van der Waals surface area (Å²) in [6, 6.07) is 0.587. The molecule has 2 rings (SSSR count). The molecule has 2 fully saturated rings. The molecule has 0 amide bonds. The van der Waals surface area contributed by atoms with Gasteiger partial charge in [0.2, 0.25) is 0 Å². The number of rotatable bonds is 6. The predicted octanol–water partition coefficient (Wildman–Crippen LogP) is 3.37. The fourth-order valence-corrected chi connectivity index (χ4v) is 3.65. The molecule has 2 aliphatic rings. The molecule has 16 heavy (non-hydrogen) atoms. The number of nitrogens with two attached hydrogens (primary N) is 1. The van der Waals surface area contributed by atoms with Crippen LogP contribution in [0.2, 0.25) is 0 Å². The number of hydrogen-bond donors (Lipinski definition) is 2. The summed E-state index contributed by atoms with van der Waals surface area (Å²) in [6.07, 6.45) is 15.7. The van der Waals surface area contributed by atoms with Crippen molar-refractivity contribution in [2.45, 2.75) is 76.7 Å². The topological polar surface area (TPSA) is 38.0 Å². The van der Waals surface area contributed by atoms with Gasteiger partial charge in [0.1, 0.15) is 0 Å². The SMILES string of the molecule is NNC(CCC1CCCC1)CC1CCCC1. The Morgan fingerprint density at radius 3 is 2.06 bits per heavy atom. The third kappa shape index (κ3) is 3.74. The minimum absolute atomic E-state index is 0.587. The van der Waals surface area contributed by atoms with E-state index >= 15 is 0 Å². The highest BCUT2D eigenvalue weighted by atomic mass is 15.2. The molecule has 0 aromatic carbocycles. The van der Waals surface area contributed by atoms with Gasteiger partial charge in [0.05, 0.1) is 0 Å². The first kappa shape index (κ1) is 12.4. The van der Waals surface area contributed by atoms with E-state index < -0.39 is 0 Å². The molecule has 2 nitrogen and oxygen atoms in total. The maximum atomic E-state index is 5.69. The van der Waals surface area contributed by atoms with Crippen molar-refractivity contribution in [2.75, 3.05) is 0 Å². The summed E-state index contributed by atoms with van der Waals surface area (Å²) in [5, 5.41) is 0. The lowest BCUT2D eigenvalue weighted by Crippen LogP contribution is -2.36. The number of nitrogens with one attached hydrogen (secondary N) is 1. The van der Waals surface area contributed by atoms with Crippen molar-refractivity contribution >= 4 is 0 Å². The third-order valence-electron chi connectivity index (χ3n) is 4.73. The van der Waals surface area contributed by atoms with Crippen molar-refractivity contribution in [2.24, 2.45) is 17.7 Å². The zero-order valence-electron chi connectivity index (χ0n) is 10.6. The monoisotopic (exact) mass is 224 g/mol. The van der Waals surface area contributed by atoms with Crippen molar-refractivity contribution in [3.63, 3.8) is 0 Å². The number of hydrazine groups is 1. The van der Waals surface area contributed by atoms with Gasteiger partial charge in [-0.3, -0.25) is 11.3 Å². The van der Waals surface area contributed by atoms with Crippen molar-refractivity contribution < 1.29 is 0 Å². The molecule has 3 N–H and O–H groups in total. The lowest BCUT2D eigenvalue weighted by Gasteiger charge is -2.21. The van der Waals surface area contributed by atoms with Gasteiger partial charge in [-0.05, 0) is 31.1 Å². The highest BCUT2D eigenvalue weighted by Gasteiger charge is 2.21. The Kier molecular flexibility index (Phi) is 5.11. The fraction of sp³-hybridized carbons (Fsp3) is 1.00. The molecule has 1 atom stereocenters. The Morgan fingerprint density at radius 1 is 0.938 bits per heavy atom. The van der Waals surface area contributed by atoms with Crippen molar-refractivity contribution in [1.82, 2.24) is 5.43 Å². The molecule has 0 radical (unpaired) electrons. The second-order valence-electron chi connectivity index (χ2n) is 5.98. The largest absolute Gasteiger partial charge is 0.271 e. The van der Waals surface area contributed by atoms with E-state index in [1.54, 1.807) is 0 Å². The van der Waals surface area contributed by atoms with Crippen LogP contribution in [-0.4, -0.2) is 6.04 Å². The molecule has 2 saturated carbocycles. The minimum Gasteiger partial charge on any atom is -0.271 e. The Balaban J connectivity index is 1.63. The standard InChI is InChI=1S/C14H28N2/c15-16-14(11-13-7-3-4-8-13)10-9-12-5-1-2-6-12/h12-14,16H,1-11,15H2. The van der Waals surface area contributed by atoms with Crippen LogP contribution in [0.4, 0.5) is 0 Å². The fourth-order valence-electron chi connectivity index (χ4n) is 3.65. The maximum Gasteiger partial charge on any atom is 0.0213 e. The normalized spacial score (nSPS) is 25.3. The molecular formula is C14H28N2. The Morgan fingerprint density at radius 2 is 1.50 bits per heavy atom. The average Bonchev–Trinajstić information content (AvgIpc) is 2.97. The molecule has 0 bridgehead atoms. The van der Waals surface area contributed by atoms with Gasteiger partial charge >= 0.3 is 0 Å². The van der Waals surface area contributed by atoms with Crippen LogP contribution in [0.25, 0.3) is 0 Å². The van der Waals surface area contributed by atoms with Crippen molar-refractivity contribution in [1.29, 1.82) is 0 Å². The average molecular weight is 224 g/mol. The summed E-state index contributed by atoms with van der Waals surface area (Å²) in [6.45, 7) is 0. The van der Waals surface area contributed by atoms with Gasteiger partial charge in [0.15, 0.2) is 0 Å². The van der Waals surface area contributed by atoms with Crippen molar-refractivity contribution in [3.8, 4) is 0 Å². The van der Waals surface area contributed by atoms with Crippen molar-refractivity contribution in [3.05, 3.63) is 0 Å². The van der Waals surface area contributed by atoms with Gasteiger partial charge in [0, 0.05) is 6.04 Å². The second kappa shape index (κ2) is 6.61. The molecule has 0 aromatic heterocycles. The lowest BCUT2D eigenvalue weighted by molar-refractivity contribution is 0.344. The molecule has 94 valence electrons. The van der Waals surface area contributed by atoms with Gasteiger partial charge in [-0.25, -0.2) is 0 Å². The Hall–Kier alpha value is -0.0800. The quantitative estimate of drug-likeness (QED) is 0.536. The van der Waals surface area contributed by atoms with Crippen LogP contribution >= 0.6 is 0 Å². The predicted molar refractivity (Wildman–Crippen MR) is 68.9 cm³/mol. The highest BCUT2D eigenvalue weighted by molar-refractivity contribution is 4.76. The molecule has 1 unspecified atom stereocenters. The van der Waals surface area contributed by atoms with Gasteiger partial charge in [-0.15, -0.1) is 0 Å². The van der Waals surface area contributed by atoms with E-state index in [-0.39, 0.29) is 0 Å². The van der Waals surface area contributed by atoms with Crippen LogP contribution < -0.4 is 11.3 Å². The zero-order valence-corrected chi connectivity index (χ0v) is 10.6. The van der Waals surface area contributed by atoms with E-state index in [4.69, 9.17) is 5.84 Å². The summed E-state index contributed by atoms with van der Waals surface area (Å²) in [7, 11) is 0. The van der Waals surface area contributed by atoms with Crippen LogP contribution in [0, 0.1) is 11.8 Å². The highest BCUT2D eigenvalue weighted by Crippen LogP contribution is 2.32. The van der Waals surface area contributed by atoms with E-state index in [2.05, 4.69) is 5.43 Å². The van der Waals surface area contributed by atoms with Crippen LogP contribution in [-0.2, 0) is 0 Å². The Labute approximate surface area is 100 Å². The molecule has 2 aliphatic carbocycles. The van der Waals surface area contributed by atoms with E-state index in [1.807, 2.05) is 0 Å². The smallest absolute Gasteiger partial charge is 0.0213 e. The molecule has 0 heterocycles. The summed E-state index contributed by atoms with van der Waals surface area (Å²) < 4.78 is 0. The van der Waals surface area contributed by atoms with Gasteiger partial charge in [-0.2, -0.15) is 0 Å². The second-order valence-corrected chi connectivity index (χ2v) is 5.98. The molecule has 0 aliphatic heterocycles. The van der Waals surface area contributed by atoms with E-state index in [0.717, 1.165) is 11.8 Å². The van der Waals surface area contributed by atoms with E-state index in [1.165, 1.54) is 70.6 Å². The summed E-state index contributed by atoms with van der Waals surface area (Å²) >= 11 is 0. The van der Waals surface area contributed by atoms with Gasteiger partial charge in [-0.1, -0.05) is 51.4 Å². The molecule has 2 heteroatoms. The summed E-state index contributed by atoms with van der Waals surface area (Å²) in [4.78, 5) is 0. The molecular weight excluding hydrogens is 196 g/mol. The Bertz CT molecular complexity index is 181. The zero-order chi connectivity index (χ0) is 11.2. The maximum absolute atomic E-state index is 5.69. The van der Waals surface area contributed by atoms with Crippen LogP contribution in [0.1, 0.15) is 70.6 Å². The lowest BCUT2D eigenvalue weighted by atomic mass is 9.92. The number of hydrogen-bond acceptors (Lipinski definition) is 2. The molecule has 0 aromatic rings. The summed E-state index contributed by atoms with van der Waals surface area (Å²) in [5.41, 5.74) is 3.05. The van der Waals surface area contributed by atoms with Crippen LogP contribution in [0.15, 0.2) is 0 Å². The van der Waals surface area contributed by atoms with Crippen LogP contribution in [0.3, 0.4) is 0 Å².